The molecule has 0 amide bonds. The fourth-order valence-corrected chi connectivity index (χ4v) is 9.76. The molecule has 0 saturated carbocycles. The SMILES string of the molecule is CC/C=C\C/C=C\C/C=C\C/C=C\C/C=C\C/C=C\C/C=C\C/C=C\C/C=C\C/C=C\CCCCCCCCCCCCC(=O)OC(COC(=O)CCCCCCCCC/C=C\C/C=C\C/C=C\C/C=C\C/C=C\C/C=C\C/C=C\CC)COP(=O)(O)OCCN. The van der Waals surface area contributed by atoms with Gasteiger partial charge in [-0.3, -0.25) is 18.6 Å². The summed E-state index contributed by atoms with van der Waals surface area (Å²) in [5.74, 6) is -0.858. The Bertz CT molecular complexity index is 2250. The molecule has 3 N–H and O–H groups in total. The largest absolute Gasteiger partial charge is 0.472 e. The van der Waals surface area contributed by atoms with Crippen LogP contribution < -0.4 is 5.73 Å². The molecule has 91 heavy (non-hydrogen) atoms. The number of unbranched alkanes of at least 4 members (excludes halogenated alkanes) is 17. The van der Waals surface area contributed by atoms with Gasteiger partial charge in [0.2, 0.25) is 0 Å². The third-order valence-corrected chi connectivity index (χ3v) is 15.1. The molecule has 0 bridgehead atoms. The number of carbonyl (C=O) groups is 2. The summed E-state index contributed by atoms with van der Waals surface area (Å²) in [5.41, 5.74) is 5.40. The normalized spacial score (nSPS) is 14.2. The number of hydrogen-bond acceptors (Lipinski definition) is 8. The molecule has 0 saturated heterocycles. The lowest BCUT2D eigenvalue weighted by molar-refractivity contribution is -0.161. The summed E-state index contributed by atoms with van der Waals surface area (Å²) in [6, 6.07) is 0. The highest BCUT2D eigenvalue weighted by molar-refractivity contribution is 7.47. The van der Waals surface area contributed by atoms with E-state index in [4.69, 9.17) is 24.3 Å². The van der Waals surface area contributed by atoms with Gasteiger partial charge >= 0.3 is 19.8 Å². The predicted molar refractivity (Wildman–Crippen MR) is 394 cm³/mol. The average Bonchev–Trinajstić information content (AvgIpc) is 3.74. The van der Waals surface area contributed by atoms with E-state index in [0.717, 1.165) is 161 Å². The smallest absolute Gasteiger partial charge is 0.462 e. The van der Waals surface area contributed by atoms with Gasteiger partial charge in [-0.2, -0.15) is 0 Å². The number of phosphoric acid groups is 1. The first-order valence-corrected chi connectivity index (χ1v) is 37.1. The minimum absolute atomic E-state index is 0.0405. The predicted octanol–water partition coefficient (Wildman–Crippen LogP) is 23.9. The minimum atomic E-state index is -4.41. The molecular weight excluding hydrogens is 1150 g/mol. The standard InChI is InChI=1S/C81H128NO8P/c1-3-5-7-9-11-13-15-17-19-21-23-25-27-29-31-33-34-35-36-37-38-39-40-41-42-43-44-46-48-50-52-54-56-58-60-62-64-66-68-70-72-74-81(84)90-79(78-89-91(85,86)88-76-75-82)77-87-80(83)73-71-69-67-65-63-61-59-57-55-53-51-49-47-45-32-30-28-26-24-22-20-18-16-14-12-10-8-6-4-2/h5-8,11-14,17-20,23-26,29-32,34-35,37-38,40-41,43-44,47-50,53,55,79H,3-4,9-10,15-16,21-22,27-28,33,36,39,42,45-46,51-52,54,56-78,82H2,1-2H3,(H,85,86)/b7-5-,8-6-,13-11-,14-12-,19-17-,20-18-,25-23-,26-24-,31-29-,32-30-,35-34-,38-37-,41-40-,44-43-,49-47-,50-48-,55-53-. The van der Waals surface area contributed by atoms with Gasteiger partial charge in [0.05, 0.1) is 13.2 Å². The first-order chi connectivity index (χ1) is 44.8. The summed E-state index contributed by atoms with van der Waals surface area (Å²) in [5, 5.41) is 0. The Labute approximate surface area is 557 Å². The van der Waals surface area contributed by atoms with Crippen LogP contribution in [0.15, 0.2) is 207 Å². The maximum atomic E-state index is 12.8. The van der Waals surface area contributed by atoms with E-state index in [1.807, 2.05) is 0 Å². The van der Waals surface area contributed by atoms with Gasteiger partial charge in [0, 0.05) is 19.4 Å². The third kappa shape index (κ3) is 73.5. The van der Waals surface area contributed by atoms with E-state index in [9.17, 15) is 19.0 Å². The highest BCUT2D eigenvalue weighted by atomic mass is 31.2. The van der Waals surface area contributed by atoms with Crippen molar-refractivity contribution in [2.24, 2.45) is 5.73 Å². The summed E-state index contributed by atoms with van der Waals surface area (Å²) in [4.78, 5) is 35.4. The molecule has 9 nitrogen and oxygen atoms in total. The second-order valence-corrected chi connectivity index (χ2v) is 24.1. The van der Waals surface area contributed by atoms with Gasteiger partial charge in [-0.05, 0) is 148 Å². The van der Waals surface area contributed by atoms with Crippen molar-refractivity contribution >= 4 is 19.8 Å². The maximum absolute atomic E-state index is 12.8. The summed E-state index contributed by atoms with van der Waals surface area (Å²) < 4.78 is 33.2. The Morgan fingerprint density at radius 3 is 0.846 bits per heavy atom. The van der Waals surface area contributed by atoms with Gasteiger partial charge in [-0.15, -0.1) is 0 Å². The van der Waals surface area contributed by atoms with Gasteiger partial charge in [0.15, 0.2) is 6.10 Å². The molecule has 0 aromatic carbocycles. The molecule has 0 aliphatic carbocycles. The molecule has 0 spiro atoms. The van der Waals surface area contributed by atoms with E-state index in [1.165, 1.54) is 57.8 Å². The van der Waals surface area contributed by atoms with Crippen molar-refractivity contribution in [3.05, 3.63) is 207 Å². The van der Waals surface area contributed by atoms with Crippen molar-refractivity contribution in [2.45, 2.75) is 264 Å². The first kappa shape index (κ1) is 85.6. The van der Waals surface area contributed by atoms with Gasteiger partial charge < -0.3 is 20.1 Å². The van der Waals surface area contributed by atoms with E-state index < -0.39 is 32.5 Å². The van der Waals surface area contributed by atoms with Crippen molar-refractivity contribution < 1.29 is 37.6 Å². The Morgan fingerprint density at radius 2 is 0.571 bits per heavy atom. The van der Waals surface area contributed by atoms with E-state index in [-0.39, 0.29) is 32.6 Å². The molecule has 0 aliphatic heterocycles. The lowest BCUT2D eigenvalue weighted by Gasteiger charge is -2.19. The molecule has 2 unspecified atom stereocenters. The maximum Gasteiger partial charge on any atom is 0.472 e. The van der Waals surface area contributed by atoms with Crippen LogP contribution in [-0.4, -0.2) is 49.3 Å². The van der Waals surface area contributed by atoms with E-state index in [0.29, 0.717) is 12.8 Å². The second kappa shape index (κ2) is 73.6. The molecule has 0 aliphatic rings. The highest BCUT2D eigenvalue weighted by Crippen LogP contribution is 2.43. The van der Waals surface area contributed by atoms with Crippen molar-refractivity contribution in [3.8, 4) is 0 Å². The summed E-state index contributed by atoms with van der Waals surface area (Å²) in [7, 11) is -4.41. The van der Waals surface area contributed by atoms with Crippen LogP contribution in [0.3, 0.4) is 0 Å². The molecule has 0 radical (unpaired) electrons. The fourth-order valence-electron chi connectivity index (χ4n) is 9.00. The van der Waals surface area contributed by atoms with Crippen LogP contribution in [0.4, 0.5) is 0 Å². The Hall–Kier alpha value is -5.41. The quantitative estimate of drug-likeness (QED) is 0.0264. The zero-order valence-corrected chi connectivity index (χ0v) is 58.1. The number of phosphoric ester groups is 1. The van der Waals surface area contributed by atoms with Crippen molar-refractivity contribution in [1.29, 1.82) is 0 Å². The number of carbonyl (C=O) groups excluding carboxylic acids is 2. The fraction of sp³-hybridized carbons (Fsp3) is 0.556. The summed E-state index contributed by atoms with van der Waals surface area (Å²) >= 11 is 0. The monoisotopic (exact) mass is 1270 g/mol. The zero-order chi connectivity index (χ0) is 65.8. The molecule has 510 valence electrons. The number of esters is 2. The van der Waals surface area contributed by atoms with Crippen molar-refractivity contribution in [2.75, 3.05) is 26.4 Å². The van der Waals surface area contributed by atoms with Crippen LogP contribution in [-0.2, 0) is 32.7 Å². The third-order valence-electron chi connectivity index (χ3n) is 14.2. The molecule has 0 aromatic heterocycles. The molecular formula is C81H128NO8P. The van der Waals surface area contributed by atoms with E-state index in [1.54, 1.807) is 0 Å². The van der Waals surface area contributed by atoms with E-state index in [2.05, 4.69) is 220 Å². The van der Waals surface area contributed by atoms with Crippen LogP contribution >= 0.6 is 7.82 Å². The molecule has 10 heteroatoms. The van der Waals surface area contributed by atoms with Crippen LogP contribution in [0, 0.1) is 0 Å². The van der Waals surface area contributed by atoms with Crippen molar-refractivity contribution in [3.63, 3.8) is 0 Å². The number of ether oxygens (including phenoxy) is 2. The van der Waals surface area contributed by atoms with Crippen LogP contribution in [0.5, 0.6) is 0 Å². The van der Waals surface area contributed by atoms with Crippen molar-refractivity contribution in [1.82, 2.24) is 0 Å². The molecule has 0 heterocycles. The zero-order valence-electron chi connectivity index (χ0n) is 57.2. The Morgan fingerprint density at radius 1 is 0.330 bits per heavy atom. The van der Waals surface area contributed by atoms with Crippen LogP contribution in [0.25, 0.3) is 0 Å². The molecule has 0 fully saturated rings. The molecule has 2 atom stereocenters. The average molecular weight is 1270 g/mol. The first-order valence-electron chi connectivity index (χ1n) is 35.6. The van der Waals surface area contributed by atoms with Gasteiger partial charge in [0.1, 0.15) is 6.61 Å². The highest BCUT2D eigenvalue weighted by Gasteiger charge is 2.26. The Balaban J connectivity index is 4.00. The lowest BCUT2D eigenvalue weighted by Crippen LogP contribution is -2.29. The summed E-state index contributed by atoms with van der Waals surface area (Å²) in [6.07, 6.45) is 113. The number of allylic oxidation sites excluding steroid dienone is 34. The van der Waals surface area contributed by atoms with Gasteiger partial charge in [-0.1, -0.05) is 304 Å². The lowest BCUT2D eigenvalue weighted by atomic mass is 10.0. The molecule has 0 rings (SSSR count). The van der Waals surface area contributed by atoms with Crippen LogP contribution in [0.1, 0.15) is 258 Å². The Kier molecular flexibility index (Phi) is 69.3. The molecule has 0 aromatic rings. The second-order valence-electron chi connectivity index (χ2n) is 22.6. The minimum Gasteiger partial charge on any atom is -0.462 e. The van der Waals surface area contributed by atoms with Gasteiger partial charge in [0.25, 0.3) is 0 Å². The van der Waals surface area contributed by atoms with E-state index >= 15 is 0 Å². The number of rotatable bonds is 64. The number of nitrogens with two attached hydrogens (primary N) is 1. The summed E-state index contributed by atoms with van der Waals surface area (Å²) in [6.45, 7) is 3.48. The van der Waals surface area contributed by atoms with Crippen LogP contribution in [0.2, 0.25) is 0 Å². The topological polar surface area (TPSA) is 134 Å². The number of hydrogen-bond donors (Lipinski definition) is 2. The van der Waals surface area contributed by atoms with Gasteiger partial charge in [-0.25, -0.2) is 4.57 Å².